The van der Waals surface area contributed by atoms with Gasteiger partial charge in [0.15, 0.2) is 0 Å². The first kappa shape index (κ1) is 17.2. The first-order chi connectivity index (χ1) is 12.5. The fourth-order valence-corrected chi connectivity index (χ4v) is 4.29. The highest BCUT2D eigenvalue weighted by atomic mass is 16.2. The molecule has 5 heteroatoms. The number of hydrogen-bond donors (Lipinski definition) is 1. The summed E-state index contributed by atoms with van der Waals surface area (Å²) in [5.41, 5.74) is 6.76. The molecule has 1 fully saturated rings. The van der Waals surface area contributed by atoms with Crippen LogP contribution in [0.4, 0.5) is 0 Å². The van der Waals surface area contributed by atoms with Crippen LogP contribution in [0.2, 0.25) is 0 Å². The van der Waals surface area contributed by atoms with Crippen LogP contribution in [0.25, 0.3) is 0 Å². The number of nitrogens with one attached hydrogen (secondary N) is 1. The summed E-state index contributed by atoms with van der Waals surface area (Å²) >= 11 is 0. The van der Waals surface area contributed by atoms with E-state index in [-0.39, 0.29) is 5.91 Å². The maximum atomic E-state index is 13.0. The van der Waals surface area contributed by atoms with Crippen LogP contribution in [-0.2, 0) is 13.0 Å². The van der Waals surface area contributed by atoms with Crippen molar-refractivity contribution in [3.63, 3.8) is 0 Å². The molecule has 2 aromatic rings. The van der Waals surface area contributed by atoms with Gasteiger partial charge in [0.2, 0.25) is 0 Å². The first-order valence-electron chi connectivity index (χ1n) is 9.48. The Bertz CT molecular complexity index is 835. The van der Waals surface area contributed by atoms with Gasteiger partial charge < -0.3 is 10.2 Å². The number of carbonyl (C=O) groups is 1. The molecule has 1 atom stereocenters. The van der Waals surface area contributed by atoms with Gasteiger partial charge in [0.1, 0.15) is 11.5 Å². The third-order valence-corrected chi connectivity index (χ3v) is 5.43. The zero-order valence-electron chi connectivity index (χ0n) is 15.8. The van der Waals surface area contributed by atoms with E-state index in [0.717, 1.165) is 25.2 Å². The summed E-state index contributed by atoms with van der Waals surface area (Å²) in [6, 6.07) is 6.80. The molecule has 1 aromatic heterocycles. The minimum absolute atomic E-state index is 0.00940. The van der Waals surface area contributed by atoms with Crippen molar-refractivity contribution in [3.8, 4) is 0 Å². The minimum Gasteiger partial charge on any atom is -0.333 e. The van der Waals surface area contributed by atoms with Crippen molar-refractivity contribution >= 4 is 5.91 Å². The van der Waals surface area contributed by atoms with Gasteiger partial charge >= 0.3 is 0 Å². The molecule has 1 amide bonds. The third kappa shape index (κ3) is 3.23. The molecule has 0 aliphatic carbocycles. The molecule has 3 heterocycles. The molecule has 2 aliphatic rings. The Morgan fingerprint density at radius 3 is 2.77 bits per heavy atom. The summed E-state index contributed by atoms with van der Waals surface area (Å²) in [5.74, 6) is 0.660. The largest absolute Gasteiger partial charge is 0.333 e. The number of fused-ring (bicyclic) bond motifs is 1. The lowest BCUT2D eigenvalue weighted by atomic mass is 9.88. The summed E-state index contributed by atoms with van der Waals surface area (Å²) in [4.78, 5) is 23.6. The van der Waals surface area contributed by atoms with Gasteiger partial charge in [0.25, 0.3) is 5.91 Å². The van der Waals surface area contributed by atoms with Crippen molar-refractivity contribution in [2.45, 2.75) is 52.6 Å². The number of carbonyl (C=O) groups excluding carboxylic acids is 1. The molecule has 136 valence electrons. The molecular formula is C21H26N4O. The van der Waals surface area contributed by atoms with E-state index in [0.29, 0.717) is 24.1 Å². The quantitative estimate of drug-likeness (QED) is 0.904. The van der Waals surface area contributed by atoms with Gasteiger partial charge in [0.05, 0.1) is 0 Å². The Morgan fingerprint density at radius 2 is 2.04 bits per heavy atom. The highest BCUT2D eigenvalue weighted by Gasteiger charge is 2.28. The predicted molar refractivity (Wildman–Crippen MR) is 101 cm³/mol. The molecule has 0 spiro atoms. The minimum atomic E-state index is 0.00940. The van der Waals surface area contributed by atoms with Gasteiger partial charge in [0, 0.05) is 24.8 Å². The zero-order chi connectivity index (χ0) is 18.3. The zero-order valence-corrected chi connectivity index (χ0v) is 15.8. The van der Waals surface area contributed by atoms with Crippen molar-refractivity contribution in [1.29, 1.82) is 0 Å². The van der Waals surface area contributed by atoms with Crippen molar-refractivity contribution in [2.24, 2.45) is 0 Å². The molecule has 0 unspecified atom stereocenters. The average molecular weight is 350 g/mol. The molecule has 0 radical (unpaired) electrons. The van der Waals surface area contributed by atoms with Crippen LogP contribution in [0.15, 0.2) is 18.2 Å². The maximum Gasteiger partial charge on any atom is 0.272 e. The number of hydrogen-bond acceptors (Lipinski definition) is 4. The highest BCUT2D eigenvalue weighted by molar-refractivity contribution is 5.92. The van der Waals surface area contributed by atoms with Crippen molar-refractivity contribution in [3.05, 3.63) is 57.7 Å². The fourth-order valence-electron chi connectivity index (χ4n) is 4.29. The first-order valence-corrected chi connectivity index (χ1v) is 9.48. The Labute approximate surface area is 154 Å². The molecule has 1 N–H and O–H groups in total. The molecule has 4 rings (SSSR count). The van der Waals surface area contributed by atoms with E-state index < -0.39 is 0 Å². The Morgan fingerprint density at radius 1 is 1.19 bits per heavy atom. The van der Waals surface area contributed by atoms with Crippen LogP contribution in [0.1, 0.15) is 63.1 Å². The number of aromatic nitrogens is 2. The smallest absolute Gasteiger partial charge is 0.272 e. The summed E-state index contributed by atoms with van der Waals surface area (Å²) < 4.78 is 0. The predicted octanol–water partition coefficient (Wildman–Crippen LogP) is 3.02. The van der Waals surface area contributed by atoms with E-state index in [2.05, 4.69) is 34.3 Å². The van der Waals surface area contributed by atoms with Gasteiger partial charge in [-0.3, -0.25) is 4.79 Å². The van der Waals surface area contributed by atoms with Crippen molar-refractivity contribution < 1.29 is 4.79 Å². The van der Waals surface area contributed by atoms with Crippen LogP contribution in [-0.4, -0.2) is 33.9 Å². The summed E-state index contributed by atoms with van der Waals surface area (Å²) in [7, 11) is 0. The second-order valence-corrected chi connectivity index (χ2v) is 7.56. The van der Waals surface area contributed by atoms with E-state index in [1.54, 1.807) is 6.07 Å². The SMILES string of the molecule is Cc1cc2c(c([C@@H]3CCCN3)c1)CN(C(=O)c1cc(C)nc(C)n1)CC2. The number of amides is 1. The molecule has 26 heavy (non-hydrogen) atoms. The molecule has 5 nitrogen and oxygen atoms in total. The average Bonchev–Trinajstić information content (AvgIpc) is 3.13. The van der Waals surface area contributed by atoms with Gasteiger partial charge in [-0.2, -0.15) is 0 Å². The van der Waals surface area contributed by atoms with Gasteiger partial charge in [-0.15, -0.1) is 0 Å². The fraction of sp³-hybridized carbons (Fsp3) is 0.476. The maximum absolute atomic E-state index is 13.0. The van der Waals surface area contributed by atoms with E-state index >= 15 is 0 Å². The second-order valence-electron chi connectivity index (χ2n) is 7.56. The van der Waals surface area contributed by atoms with Gasteiger partial charge in [-0.05, 0) is 69.3 Å². The highest BCUT2D eigenvalue weighted by Crippen LogP contribution is 2.32. The van der Waals surface area contributed by atoms with Crippen LogP contribution in [0.5, 0.6) is 0 Å². The molecule has 1 aromatic carbocycles. The lowest BCUT2D eigenvalue weighted by molar-refractivity contribution is 0.0727. The standard InChI is InChI=1S/C21H26N4O/c1-13-9-16-6-8-25(21(26)20-11-14(2)23-15(3)24-20)12-18(16)17(10-13)19-5-4-7-22-19/h9-11,19,22H,4-8,12H2,1-3H3/t19-/m0/s1. The Balaban J connectivity index is 1.65. The molecular weight excluding hydrogens is 324 g/mol. The van der Waals surface area contributed by atoms with E-state index in [1.807, 2.05) is 18.7 Å². The summed E-state index contributed by atoms with van der Waals surface area (Å²) in [5, 5.41) is 3.62. The number of rotatable bonds is 2. The number of benzene rings is 1. The van der Waals surface area contributed by atoms with E-state index in [4.69, 9.17) is 0 Å². The normalized spacial score (nSPS) is 19.5. The number of aryl methyl sites for hydroxylation is 3. The van der Waals surface area contributed by atoms with E-state index in [1.165, 1.54) is 35.1 Å². The lowest BCUT2D eigenvalue weighted by Crippen LogP contribution is -2.37. The molecule has 0 saturated carbocycles. The molecule has 1 saturated heterocycles. The molecule has 2 aliphatic heterocycles. The van der Waals surface area contributed by atoms with Crippen LogP contribution >= 0.6 is 0 Å². The van der Waals surface area contributed by atoms with Crippen molar-refractivity contribution in [1.82, 2.24) is 20.2 Å². The second kappa shape index (κ2) is 6.80. The summed E-state index contributed by atoms with van der Waals surface area (Å²) in [6.45, 7) is 8.41. The van der Waals surface area contributed by atoms with Gasteiger partial charge in [-0.25, -0.2) is 9.97 Å². The molecule has 0 bridgehead atoms. The van der Waals surface area contributed by atoms with Crippen molar-refractivity contribution in [2.75, 3.05) is 13.1 Å². The Hall–Kier alpha value is -2.27. The summed E-state index contributed by atoms with van der Waals surface area (Å²) in [6.07, 6.45) is 3.30. The van der Waals surface area contributed by atoms with Crippen LogP contribution in [0, 0.1) is 20.8 Å². The van der Waals surface area contributed by atoms with E-state index in [9.17, 15) is 4.79 Å². The van der Waals surface area contributed by atoms with Crippen LogP contribution in [0.3, 0.4) is 0 Å². The monoisotopic (exact) mass is 350 g/mol. The topological polar surface area (TPSA) is 58.1 Å². The van der Waals surface area contributed by atoms with Crippen LogP contribution < -0.4 is 5.32 Å². The van der Waals surface area contributed by atoms with Gasteiger partial charge in [-0.1, -0.05) is 17.7 Å². The lowest BCUT2D eigenvalue weighted by Gasteiger charge is -2.32. The number of nitrogens with zero attached hydrogens (tertiary/aromatic N) is 3. The Kier molecular flexibility index (Phi) is 4.49. The third-order valence-electron chi connectivity index (χ3n) is 5.43.